The van der Waals surface area contributed by atoms with Crippen LogP contribution in [0.4, 0.5) is 0 Å². The smallest absolute Gasteiger partial charge is 0.0184 e. The SMILES string of the molecule is [NaH].c1ccc2ccccc2c1.c1ccccc1. The molecule has 0 saturated carbocycles. The minimum Gasteiger partial charge on any atom is -0.0623 e. The van der Waals surface area contributed by atoms with Crippen LogP contribution in [-0.4, -0.2) is 29.6 Å². The first kappa shape index (κ1) is 14.0. The maximum absolute atomic E-state index is 2.12. The van der Waals surface area contributed by atoms with Crippen LogP contribution in [0.3, 0.4) is 0 Å². The van der Waals surface area contributed by atoms with Gasteiger partial charge in [-0.05, 0) is 10.8 Å². The van der Waals surface area contributed by atoms with Crippen LogP contribution in [0.15, 0.2) is 84.9 Å². The van der Waals surface area contributed by atoms with E-state index in [2.05, 4.69) is 48.5 Å². The summed E-state index contributed by atoms with van der Waals surface area (Å²) in [6, 6.07) is 28.7. The second-order valence-electron chi connectivity index (χ2n) is 3.50. The van der Waals surface area contributed by atoms with E-state index in [9.17, 15) is 0 Å². The number of hydrogen-bond acceptors (Lipinski definition) is 0. The van der Waals surface area contributed by atoms with Gasteiger partial charge in [-0.25, -0.2) is 0 Å². The topological polar surface area (TPSA) is 0 Å². The van der Waals surface area contributed by atoms with E-state index in [0.29, 0.717) is 0 Å². The van der Waals surface area contributed by atoms with Crippen LogP contribution in [0.25, 0.3) is 10.8 Å². The molecule has 0 saturated heterocycles. The largest absolute Gasteiger partial charge is 0.0623 e. The molecule has 80 valence electrons. The quantitative estimate of drug-likeness (QED) is 0.514. The van der Waals surface area contributed by atoms with Crippen molar-refractivity contribution in [2.45, 2.75) is 0 Å². The summed E-state index contributed by atoms with van der Waals surface area (Å²) in [5, 5.41) is 2.62. The monoisotopic (exact) mass is 230 g/mol. The van der Waals surface area contributed by atoms with E-state index in [1.165, 1.54) is 10.8 Å². The molecular formula is C16H15Na. The van der Waals surface area contributed by atoms with E-state index in [0.717, 1.165) is 0 Å². The predicted octanol–water partition coefficient (Wildman–Crippen LogP) is 3.88. The Hall–Kier alpha value is -1.08. The van der Waals surface area contributed by atoms with E-state index in [4.69, 9.17) is 0 Å². The van der Waals surface area contributed by atoms with E-state index in [1.54, 1.807) is 0 Å². The fraction of sp³-hybridized carbons (Fsp3) is 0. The van der Waals surface area contributed by atoms with Crippen LogP contribution < -0.4 is 0 Å². The number of fused-ring (bicyclic) bond motifs is 1. The summed E-state index contributed by atoms with van der Waals surface area (Å²) in [6.45, 7) is 0. The average molecular weight is 230 g/mol. The van der Waals surface area contributed by atoms with Crippen LogP contribution in [-0.2, 0) is 0 Å². The van der Waals surface area contributed by atoms with Gasteiger partial charge in [-0.1, -0.05) is 84.9 Å². The molecule has 0 fully saturated rings. The second kappa shape index (κ2) is 8.08. The molecule has 0 N–H and O–H groups in total. The van der Waals surface area contributed by atoms with Crippen LogP contribution in [0, 0.1) is 0 Å². The van der Waals surface area contributed by atoms with Crippen LogP contribution in [0.1, 0.15) is 0 Å². The molecule has 17 heavy (non-hydrogen) atoms. The molecule has 0 bridgehead atoms. The molecule has 0 aromatic heterocycles. The van der Waals surface area contributed by atoms with Crippen molar-refractivity contribution in [3.8, 4) is 0 Å². The van der Waals surface area contributed by atoms with Crippen molar-refractivity contribution < 1.29 is 0 Å². The summed E-state index contributed by atoms with van der Waals surface area (Å²) in [5.41, 5.74) is 0. The molecule has 1 heteroatoms. The molecular weight excluding hydrogens is 215 g/mol. The first-order valence-corrected chi connectivity index (χ1v) is 5.40. The Morgan fingerprint density at radius 2 is 0.588 bits per heavy atom. The Balaban J connectivity index is 0.000000180. The van der Waals surface area contributed by atoms with Gasteiger partial charge < -0.3 is 0 Å². The molecule has 3 rings (SSSR count). The Labute approximate surface area is 125 Å². The summed E-state index contributed by atoms with van der Waals surface area (Å²) in [6.07, 6.45) is 0. The summed E-state index contributed by atoms with van der Waals surface area (Å²) >= 11 is 0. The Bertz CT molecular complexity index is 440. The first-order valence-electron chi connectivity index (χ1n) is 5.40. The molecule has 0 unspecified atom stereocenters. The third-order valence-electron chi connectivity index (χ3n) is 2.33. The molecule has 0 spiro atoms. The van der Waals surface area contributed by atoms with Crippen molar-refractivity contribution >= 4 is 40.3 Å². The number of hydrogen-bond donors (Lipinski definition) is 0. The summed E-state index contributed by atoms with van der Waals surface area (Å²) in [4.78, 5) is 0. The minimum atomic E-state index is 0. The number of rotatable bonds is 0. The summed E-state index contributed by atoms with van der Waals surface area (Å²) < 4.78 is 0. The van der Waals surface area contributed by atoms with Crippen molar-refractivity contribution in [3.63, 3.8) is 0 Å². The zero-order valence-electron chi connectivity index (χ0n) is 9.08. The molecule has 0 atom stereocenters. The molecule has 0 heterocycles. The van der Waals surface area contributed by atoms with Crippen LogP contribution >= 0.6 is 0 Å². The molecule has 0 radical (unpaired) electrons. The summed E-state index contributed by atoms with van der Waals surface area (Å²) in [5.74, 6) is 0. The average Bonchev–Trinajstić information content (AvgIpc) is 2.42. The fourth-order valence-corrected chi connectivity index (χ4v) is 1.52. The zero-order valence-corrected chi connectivity index (χ0v) is 9.08. The molecule has 0 nitrogen and oxygen atoms in total. The van der Waals surface area contributed by atoms with E-state index in [1.807, 2.05) is 36.4 Å². The molecule has 0 aliphatic rings. The summed E-state index contributed by atoms with van der Waals surface area (Å²) in [7, 11) is 0. The second-order valence-corrected chi connectivity index (χ2v) is 3.50. The maximum Gasteiger partial charge on any atom is -0.0184 e. The molecule has 0 aliphatic heterocycles. The zero-order chi connectivity index (χ0) is 11.1. The van der Waals surface area contributed by atoms with Gasteiger partial charge >= 0.3 is 29.6 Å². The molecule has 0 aliphatic carbocycles. The van der Waals surface area contributed by atoms with E-state index < -0.39 is 0 Å². The van der Waals surface area contributed by atoms with Gasteiger partial charge in [-0.15, -0.1) is 0 Å². The Morgan fingerprint density at radius 3 is 0.824 bits per heavy atom. The van der Waals surface area contributed by atoms with Crippen molar-refractivity contribution in [2.24, 2.45) is 0 Å². The van der Waals surface area contributed by atoms with Gasteiger partial charge in [0, 0.05) is 0 Å². The van der Waals surface area contributed by atoms with Gasteiger partial charge in [0.2, 0.25) is 0 Å². The third-order valence-corrected chi connectivity index (χ3v) is 2.33. The standard InChI is InChI=1S/C10H8.C6H6.Na.H/c1-2-6-10-8-4-3-7-9(10)5-1;1-2-4-6-5-3-1;;/h1-8H;1-6H;;. The van der Waals surface area contributed by atoms with Crippen molar-refractivity contribution in [3.05, 3.63) is 84.9 Å². The Kier molecular flexibility index (Phi) is 6.64. The van der Waals surface area contributed by atoms with Crippen molar-refractivity contribution in [1.29, 1.82) is 0 Å². The predicted molar refractivity (Wildman–Crippen MR) is 77.5 cm³/mol. The van der Waals surface area contributed by atoms with Gasteiger partial charge in [-0.3, -0.25) is 0 Å². The fourth-order valence-electron chi connectivity index (χ4n) is 1.52. The minimum absolute atomic E-state index is 0. The first-order chi connectivity index (χ1) is 7.97. The van der Waals surface area contributed by atoms with Gasteiger partial charge in [-0.2, -0.15) is 0 Å². The molecule has 3 aromatic rings. The third kappa shape index (κ3) is 4.74. The molecule has 0 amide bonds. The molecule has 3 aromatic carbocycles. The van der Waals surface area contributed by atoms with E-state index >= 15 is 0 Å². The van der Waals surface area contributed by atoms with E-state index in [-0.39, 0.29) is 29.6 Å². The Morgan fingerprint density at radius 1 is 0.353 bits per heavy atom. The van der Waals surface area contributed by atoms with Gasteiger partial charge in [0.25, 0.3) is 0 Å². The van der Waals surface area contributed by atoms with Gasteiger partial charge in [0.1, 0.15) is 0 Å². The maximum atomic E-state index is 2.12. The van der Waals surface area contributed by atoms with Gasteiger partial charge in [0.05, 0.1) is 0 Å². The van der Waals surface area contributed by atoms with Gasteiger partial charge in [0.15, 0.2) is 0 Å². The normalized spacial score (nSPS) is 8.71. The van der Waals surface area contributed by atoms with Crippen LogP contribution in [0.5, 0.6) is 0 Å². The van der Waals surface area contributed by atoms with Crippen molar-refractivity contribution in [1.82, 2.24) is 0 Å². The number of benzene rings is 3. The van der Waals surface area contributed by atoms with Crippen molar-refractivity contribution in [2.75, 3.05) is 0 Å². The van der Waals surface area contributed by atoms with Crippen LogP contribution in [0.2, 0.25) is 0 Å².